The highest BCUT2D eigenvalue weighted by molar-refractivity contribution is 6.16. The Morgan fingerprint density at radius 2 is 2.38 bits per heavy atom. The zero-order valence-corrected chi connectivity index (χ0v) is 5.35. The van der Waals surface area contributed by atoms with Gasteiger partial charge >= 0.3 is 0 Å². The number of hydrogen-bond acceptors (Lipinski definition) is 1. The van der Waals surface area contributed by atoms with Gasteiger partial charge in [0.1, 0.15) is 7.85 Å². The molecule has 0 amide bonds. The minimum atomic E-state index is 0.893. The van der Waals surface area contributed by atoms with Crippen molar-refractivity contribution in [2.24, 2.45) is 0 Å². The summed E-state index contributed by atoms with van der Waals surface area (Å²) < 4.78 is 0. The van der Waals surface area contributed by atoms with Gasteiger partial charge in [-0.25, -0.2) is 0 Å². The summed E-state index contributed by atoms with van der Waals surface area (Å²) in [5, 5.41) is 3.17. The minimum Gasteiger partial charge on any atom is -0.313 e. The molecular weight excluding hydrogens is 96.9 g/mol. The summed E-state index contributed by atoms with van der Waals surface area (Å²) in [6.45, 7) is 4.10. The van der Waals surface area contributed by atoms with Crippen LogP contribution in [0.1, 0.15) is 13.3 Å². The van der Waals surface area contributed by atoms with E-state index in [1.165, 1.54) is 6.42 Å². The molecule has 0 aromatic heterocycles. The summed E-state index contributed by atoms with van der Waals surface area (Å²) in [5.74, 6) is 1.56. The van der Waals surface area contributed by atoms with Crippen LogP contribution in [0, 0.1) is 0 Å². The van der Waals surface area contributed by atoms with Crippen LogP contribution in [-0.4, -0.2) is 20.9 Å². The van der Waals surface area contributed by atoms with Gasteiger partial charge in [0.15, 0.2) is 0 Å². The fourth-order valence-corrected chi connectivity index (χ4v) is 0.430. The van der Waals surface area contributed by atoms with Crippen LogP contribution >= 0.6 is 0 Å². The SMILES string of the molecule is [B]/C=C/CNCCC. The third-order valence-corrected chi connectivity index (χ3v) is 0.825. The summed E-state index contributed by atoms with van der Waals surface area (Å²) in [5.41, 5.74) is 0. The molecule has 0 atom stereocenters. The summed E-state index contributed by atoms with van der Waals surface area (Å²) >= 11 is 0. The molecular formula is C6H12BN. The van der Waals surface area contributed by atoms with E-state index in [9.17, 15) is 0 Å². The van der Waals surface area contributed by atoms with Crippen molar-refractivity contribution in [3.8, 4) is 0 Å². The van der Waals surface area contributed by atoms with Crippen molar-refractivity contribution in [1.82, 2.24) is 5.32 Å². The highest BCUT2D eigenvalue weighted by Crippen LogP contribution is 1.69. The zero-order chi connectivity index (χ0) is 6.24. The van der Waals surface area contributed by atoms with Gasteiger partial charge in [0, 0.05) is 6.54 Å². The monoisotopic (exact) mass is 109 g/mol. The molecule has 44 valence electrons. The molecule has 0 bridgehead atoms. The molecule has 0 heterocycles. The van der Waals surface area contributed by atoms with E-state index in [2.05, 4.69) is 12.2 Å². The fraction of sp³-hybridized carbons (Fsp3) is 0.667. The van der Waals surface area contributed by atoms with E-state index in [-0.39, 0.29) is 0 Å². The van der Waals surface area contributed by atoms with E-state index in [1.807, 2.05) is 6.08 Å². The van der Waals surface area contributed by atoms with Crippen LogP contribution in [0.5, 0.6) is 0 Å². The lowest BCUT2D eigenvalue weighted by Crippen LogP contribution is -2.13. The molecule has 0 aliphatic heterocycles. The Bertz CT molecular complexity index is 61.5. The Balaban J connectivity index is 2.72. The van der Waals surface area contributed by atoms with Crippen LogP contribution < -0.4 is 5.32 Å². The van der Waals surface area contributed by atoms with Crippen LogP contribution in [0.2, 0.25) is 0 Å². The Morgan fingerprint density at radius 1 is 1.62 bits per heavy atom. The van der Waals surface area contributed by atoms with Crippen molar-refractivity contribution in [3.63, 3.8) is 0 Å². The standard InChI is InChI=1S/C6H12BN/c1-2-5-8-6-3-4-7/h3-4,8H,2,5-6H2,1H3/b4-3+. The molecule has 0 aromatic rings. The first-order chi connectivity index (χ1) is 3.91. The van der Waals surface area contributed by atoms with Crippen molar-refractivity contribution in [1.29, 1.82) is 0 Å². The normalized spacial score (nSPS) is 10.6. The van der Waals surface area contributed by atoms with Gasteiger partial charge in [-0.2, -0.15) is 0 Å². The fourth-order valence-electron chi connectivity index (χ4n) is 0.430. The number of nitrogens with one attached hydrogen (secondary N) is 1. The summed E-state index contributed by atoms with van der Waals surface area (Å²) in [7, 11) is 5.09. The third-order valence-electron chi connectivity index (χ3n) is 0.825. The Morgan fingerprint density at radius 3 is 2.88 bits per heavy atom. The molecule has 0 aliphatic carbocycles. The Labute approximate surface area is 52.6 Å². The van der Waals surface area contributed by atoms with Crippen molar-refractivity contribution in [2.45, 2.75) is 13.3 Å². The molecule has 0 aliphatic rings. The lowest BCUT2D eigenvalue weighted by molar-refractivity contribution is 0.729. The number of rotatable bonds is 4. The topological polar surface area (TPSA) is 12.0 Å². The second-order valence-corrected chi connectivity index (χ2v) is 1.63. The first-order valence-electron chi connectivity index (χ1n) is 2.99. The predicted molar refractivity (Wildman–Crippen MR) is 38.1 cm³/mol. The van der Waals surface area contributed by atoms with Gasteiger partial charge in [-0.1, -0.05) is 13.0 Å². The highest BCUT2D eigenvalue weighted by Gasteiger charge is 1.74. The maximum Gasteiger partial charge on any atom is 0.102 e. The molecule has 8 heavy (non-hydrogen) atoms. The summed E-state index contributed by atoms with van der Waals surface area (Å²) in [6, 6.07) is 0. The maximum atomic E-state index is 5.09. The molecule has 0 fully saturated rings. The Hall–Kier alpha value is -0.235. The first kappa shape index (κ1) is 7.76. The molecule has 2 radical (unpaired) electrons. The maximum absolute atomic E-state index is 5.09. The van der Waals surface area contributed by atoms with Crippen LogP contribution in [-0.2, 0) is 0 Å². The van der Waals surface area contributed by atoms with E-state index in [4.69, 9.17) is 7.85 Å². The van der Waals surface area contributed by atoms with Gasteiger partial charge in [0.25, 0.3) is 0 Å². The van der Waals surface area contributed by atoms with Crippen LogP contribution in [0.4, 0.5) is 0 Å². The molecule has 1 N–H and O–H groups in total. The zero-order valence-electron chi connectivity index (χ0n) is 5.35. The average Bonchev–Trinajstić information content (AvgIpc) is 1.81. The summed E-state index contributed by atoms with van der Waals surface area (Å²) in [6.07, 6.45) is 3.08. The Kier molecular flexibility index (Phi) is 6.57. The number of hydrogen-bond donors (Lipinski definition) is 1. The van der Waals surface area contributed by atoms with Gasteiger partial charge in [-0.05, 0) is 13.0 Å². The van der Waals surface area contributed by atoms with Crippen LogP contribution in [0.3, 0.4) is 0 Å². The molecule has 0 saturated carbocycles. The average molecular weight is 109 g/mol. The minimum absolute atomic E-state index is 0.893. The van der Waals surface area contributed by atoms with Gasteiger partial charge in [0.2, 0.25) is 0 Å². The molecule has 0 unspecified atom stereocenters. The van der Waals surface area contributed by atoms with Crippen LogP contribution in [0.25, 0.3) is 0 Å². The van der Waals surface area contributed by atoms with E-state index in [1.54, 1.807) is 5.98 Å². The third kappa shape index (κ3) is 5.76. The van der Waals surface area contributed by atoms with E-state index < -0.39 is 0 Å². The summed E-state index contributed by atoms with van der Waals surface area (Å²) in [4.78, 5) is 0. The highest BCUT2D eigenvalue weighted by atomic mass is 14.8. The first-order valence-corrected chi connectivity index (χ1v) is 2.99. The molecule has 2 heteroatoms. The van der Waals surface area contributed by atoms with Gasteiger partial charge in [-0.3, -0.25) is 0 Å². The molecule has 0 rings (SSSR count). The quantitative estimate of drug-likeness (QED) is 0.413. The van der Waals surface area contributed by atoms with E-state index in [0.717, 1.165) is 13.1 Å². The van der Waals surface area contributed by atoms with Crippen molar-refractivity contribution in [2.75, 3.05) is 13.1 Å². The van der Waals surface area contributed by atoms with E-state index in [0.29, 0.717) is 0 Å². The lowest BCUT2D eigenvalue weighted by atomic mass is 10.1. The second-order valence-electron chi connectivity index (χ2n) is 1.63. The van der Waals surface area contributed by atoms with Gasteiger partial charge in [0.05, 0.1) is 0 Å². The van der Waals surface area contributed by atoms with Gasteiger partial charge < -0.3 is 5.32 Å². The lowest BCUT2D eigenvalue weighted by Gasteiger charge is -1.94. The van der Waals surface area contributed by atoms with E-state index >= 15 is 0 Å². The molecule has 0 aromatic carbocycles. The smallest absolute Gasteiger partial charge is 0.102 e. The van der Waals surface area contributed by atoms with Crippen molar-refractivity contribution < 1.29 is 0 Å². The molecule has 0 spiro atoms. The molecule has 0 saturated heterocycles. The van der Waals surface area contributed by atoms with Crippen LogP contribution in [0.15, 0.2) is 12.1 Å². The second kappa shape index (κ2) is 6.76. The van der Waals surface area contributed by atoms with Crippen molar-refractivity contribution in [3.05, 3.63) is 12.1 Å². The van der Waals surface area contributed by atoms with Crippen molar-refractivity contribution >= 4 is 7.85 Å². The molecule has 1 nitrogen and oxygen atoms in total. The largest absolute Gasteiger partial charge is 0.313 e. The van der Waals surface area contributed by atoms with Gasteiger partial charge in [-0.15, -0.1) is 5.98 Å². The predicted octanol–water partition coefficient (Wildman–Crippen LogP) is 0.668.